The van der Waals surface area contributed by atoms with Gasteiger partial charge in [-0.05, 0) is 62.5 Å². The van der Waals surface area contributed by atoms with Gasteiger partial charge < -0.3 is 14.2 Å². The van der Waals surface area contributed by atoms with E-state index >= 15 is 0 Å². The van der Waals surface area contributed by atoms with Crippen molar-refractivity contribution in [3.05, 3.63) is 29.3 Å². The smallest absolute Gasteiger partial charge is 0.200 e. The van der Waals surface area contributed by atoms with Gasteiger partial charge in [0.25, 0.3) is 0 Å². The molecule has 1 aliphatic heterocycles. The van der Waals surface area contributed by atoms with Crippen LogP contribution in [-0.4, -0.2) is 32.5 Å². The normalized spacial score (nSPS) is 28.9. The number of methoxy groups -OCH3 is 1. The first-order valence-electron chi connectivity index (χ1n) is 10.4. The van der Waals surface area contributed by atoms with E-state index in [4.69, 9.17) is 14.2 Å². The van der Waals surface area contributed by atoms with E-state index in [0.717, 1.165) is 51.7 Å². The van der Waals surface area contributed by atoms with Gasteiger partial charge in [0.1, 0.15) is 0 Å². The molecule has 0 amide bonds. The molecular weight excluding hydrogens is 350 g/mol. The maximum atomic E-state index is 14.3. The van der Waals surface area contributed by atoms with Crippen molar-refractivity contribution < 1.29 is 23.0 Å². The summed E-state index contributed by atoms with van der Waals surface area (Å²) in [4.78, 5) is 0. The molecule has 0 N–H and O–H groups in total. The molecule has 5 heteroatoms. The number of ether oxygens (including phenoxy) is 3. The second kappa shape index (κ2) is 9.83. The van der Waals surface area contributed by atoms with Crippen LogP contribution >= 0.6 is 0 Å². The highest BCUT2D eigenvalue weighted by Crippen LogP contribution is 2.37. The summed E-state index contributed by atoms with van der Waals surface area (Å²) in [5.74, 6) is -1.14. The van der Waals surface area contributed by atoms with Gasteiger partial charge in [0.2, 0.25) is 5.82 Å². The minimum Gasteiger partial charge on any atom is -0.494 e. The first kappa shape index (κ1) is 20.5. The fourth-order valence-corrected chi connectivity index (χ4v) is 4.37. The molecule has 1 saturated heterocycles. The summed E-state index contributed by atoms with van der Waals surface area (Å²) < 4.78 is 45.2. The molecule has 0 spiro atoms. The molecule has 2 atom stereocenters. The summed E-state index contributed by atoms with van der Waals surface area (Å²) in [5.41, 5.74) is 0.467. The van der Waals surface area contributed by atoms with Gasteiger partial charge in [-0.25, -0.2) is 4.39 Å². The Morgan fingerprint density at radius 1 is 1.04 bits per heavy atom. The highest BCUT2D eigenvalue weighted by Gasteiger charge is 2.28. The van der Waals surface area contributed by atoms with Crippen molar-refractivity contribution in [1.29, 1.82) is 0 Å². The number of benzene rings is 1. The second-order valence-corrected chi connectivity index (χ2v) is 7.98. The Morgan fingerprint density at radius 3 is 2.44 bits per heavy atom. The molecule has 27 heavy (non-hydrogen) atoms. The van der Waals surface area contributed by atoms with E-state index in [9.17, 15) is 8.78 Å². The largest absolute Gasteiger partial charge is 0.494 e. The fourth-order valence-electron chi connectivity index (χ4n) is 4.37. The summed E-state index contributed by atoms with van der Waals surface area (Å²) in [5, 5.41) is 0. The lowest BCUT2D eigenvalue weighted by molar-refractivity contribution is -0.0647. The molecule has 1 aromatic carbocycles. The second-order valence-electron chi connectivity index (χ2n) is 7.98. The van der Waals surface area contributed by atoms with E-state index in [1.165, 1.54) is 26.0 Å². The molecule has 1 saturated carbocycles. The zero-order valence-electron chi connectivity index (χ0n) is 16.5. The molecule has 1 aromatic rings. The van der Waals surface area contributed by atoms with Crippen LogP contribution in [0.4, 0.5) is 8.78 Å². The van der Waals surface area contributed by atoms with Crippen molar-refractivity contribution in [2.24, 2.45) is 5.92 Å². The van der Waals surface area contributed by atoms with Crippen molar-refractivity contribution in [3.8, 4) is 5.75 Å². The Balaban J connectivity index is 1.43. The van der Waals surface area contributed by atoms with Crippen molar-refractivity contribution in [3.63, 3.8) is 0 Å². The van der Waals surface area contributed by atoms with E-state index in [-0.39, 0.29) is 17.8 Å². The van der Waals surface area contributed by atoms with E-state index in [1.54, 1.807) is 6.07 Å². The lowest BCUT2D eigenvalue weighted by Gasteiger charge is -2.32. The minimum atomic E-state index is -0.882. The number of rotatable bonds is 7. The van der Waals surface area contributed by atoms with Crippen LogP contribution in [0.5, 0.6) is 5.75 Å². The average molecular weight is 382 g/mol. The topological polar surface area (TPSA) is 27.7 Å². The van der Waals surface area contributed by atoms with Crippen LogP contribution in [0.15, 0.2) is 12.1 Å². The Morgan fingerprint density at radius 2 is 1.81 bits per heavy atom. The SMILES string of the molecule is CCCC1CCC(COC2CCC(c3ccc(OC)c(F)c3F)CC2)CO1. The third kappa shape index (κ3) is 5.20. The first-order chi connectivity index (χ1) is 13.1. The Hall–Kier alpha value is -1.20. The highest BCUT2D eigenvalue weighted by molar-refractivity contribution is 5.33. The van der Waals surface area contributed by atoms with Crippen molar-refractivity contribution in [2.75, 3.05) is 20.3 Å². The van der Waals surface area contributed by atoms with Crippen molar-refractivity contribution in [2.45, 2.75) is 76.4 Å². The van der Waals surface area contributed by atoms with E-state index < -0.39 is 11.6 Å². The molecule has 2 unspecified atom stereocenters. The van der Waals surface area contributed by atoms with Gasteiger partial charge in [-0.3, -0.25) is 0 Å². The standard InChI is InChI=1S/C22H32F2O3/c1-3-4-17-8-5-15(13-26-17)14-27-18-9-6-16(7-10-18)19-11-12-20(25-2)22(24)21(19)23/h11-12,15-18H,3-10,13-14H2,1-2H3. The number of hydrogen-bond acceptors (Lipinski definition) is 3. The predicted molar refractivity (Wildman–Crippen MR) is 101 cm³/mol. The van der Waals surface area contributed by atoms with Crippen LogP contribution in [0.3, 0.4) is 0 Å². The van der Waals surface area contributed by atoms with Gasteiger partial charge in [0.05, 0.1) is 32.5 Å². The third-order valence-corrected chi connectivity index (χ3v) is 6.05. The monoisotopic (exact) mass is 382 g/mol. The number of halogens is 2. The van der Waals surface area contributed by atoms with Gasteiger partial charge in [0.15, 0.2) is 11.6 Å². The molecule has 0 bridgehead atoms. The molecule has 3 rings (SSSR count). The summed E-state index contributed by atoms with van der Waals surface area (Å²) in [6.07, 6.45) is 8.73. The maximum Gasteiger partial charge on any atom is 0.200 e. The molecule has 152 valence electrons. The lowest BCUT2D eigenvalue weighted by Crippen LogP contribution is -2.31. The molecule has 0 radical (unpaired) electrons. The van der Waals surface area contributed by atoms with Crippen LogP contribution in [0.2, 0.25) is 0 Å². The zero-order chi connectivity index (χ0) is 19.2. The maximum absolute atomic E-state index is 14.3. The Labute approximate surface area is 161 Å². The van der Waals surface area contributed by atoms with Crippen molar-refractivity contribution >= 4 is 0 Å². The molecule has 2 aliphatic rings. The zero-order valence-corrected chi connectivity index (χ0v) is 16.5. The minimum absolute atomic E-state index is 0.0378. The molecule has 3 nitrogen and oxygen atoms in total. The van der Waals surface area contributed by atoms with Crippen LogP contribution in [-0.2, 0) is 9.47 Å². The quantitative estimate of drug-likeness (QED) is 0.613. The molecule has 1 aliphatic carbocycles. The van der Waals surface area contributed by atoms with Crippen LogP contribution in [0, 0.1) is 17.6 Å². The van der Waals surface area contributed by atoms with Gasteiger partial charge in [-0.15, -0.1) is 0 Å². The summed E-state index contributed by atoms with van der Waals surface area (Å²) >= 11 is 0. The average Bonchev–Trinajstić information content (AvgIpc) is 2.70. The Kier molecular flexibility index (Phi) is 7.48. The van der Waals surface area contributed by atoms with Gasteiger partial charge in [0, 0.05) is 5.92 Å². The third-order valence-electron chi connectivity index (χ3n) is 6.05. The lowest BCUT2D eigenvalue weighted by atomic mass is 9.82. The van der Waals surface area contributed by atoms with E-state index in [0.29, 0.717) is 17.6 Å². The summed E-state index contributed by atoms with van der Waals surface area (Å²) in [6.45, 7) is 3.75. The summed E-state index contributed by atoms with van der Waals surface area (Å²) in [7, 11) is 1.35. The number of hydrogen-bond donors (Lipinski definition) is 0. The van der Waals surface area contributed by atoms with Crippen LogP contribution < -0.4 is 4.74 Å². The predicted octanol–water partition coefficient (Wildman–Crippen LogP) is 5.61. The Bertz CT molecular complexity index is 591. The molecule has 2 fully saturated rings. The molecule has 0 aromatic heterocycles. The van der Waals surface area contributed by atoms with Crippen LogP contribution in [0.25, 0.3) is 0 Å². The van der Waals surface area contributed by atoms with Crippen LogP contribution in [0.1, 0.15) is 69.8 Å². The van der Waals surface area contributed by atoms with Crippen molar-refractivity contribution in [1.82, 2.24) is 0 Å². The van der Waals surface area contributed by atoms with E-state index in [2.05, 4.69) is 6.92 Å². The fraction of sp³-hybridized carbons (Fsp3) is 0.727. The van der Waals surface area contributed by atoms with Gasteiger partial charge >= 0.3 is 0 Å². The van der Waals surface area contributed by atoms with Gasteiger partial charge in [-0.2, -0.15) is 4.39 Å². The first-order valence-corrected chi connectivity index (χ1v) is 10.4. The molecule has 1 heterocycles. The van der Waals surface area contributed by atoms with E-state index in [1.807, 2.05) is 0 Å². The van der Waals surface area contributed by atoms with Gasteiger partial charge in [-0.1, -0.05) is 19.4 Å². The highest BCUT2D eigenvalue weighted by atomic mass is 19.2. The molecular formula is C22H32F2O3. The summed E-state index contributed by atoms with van der Waals surface area (Å²) in [6, 6.07) is 3.18.